The zero-order valence-electron chi connectivity index (χ0n) is 8.03. The molecule has 1 aromatic carbocycles. The number of nitrogens with zero attached hydrogens (tertiary/aromatic N) is 1. The third-order valence-corrected chi connectivity index (χ3v) is 1.93. The molecule has 0 unspecified atom stereocenters. The van der Waals surface area contributed by atoms with E-state index < -0.39 is 6.03 Å². The van der Waals surface area contributed by atoms with Gasteiger partial charge in [-0.1, -0.05) is 29.8 Å². The van der Waals surface area contributed by atoms with Gasteiger partial charge in [-0.2, -0.15) is 5.10 Å². The topological polar surface area (TPSA) is 67.5 Å². The van der Waals surface area contributed by atoms with Crippen LogP contribution in [0.15, 0.2) is 29.4 Å². The predicted molar refractivity (Wildman–Crippen MR) is 63.6 cm³/mol. The van der Waals surface area contributed by atoms with Crippen molar-refractivity contribution in [3.8, 4) is 0 Å². The van der Waals surface area contributed by atoms with Crippen LogP contribution in [0.5, 0.6) is 0 Å². The molecule has 0 aromatic heterocycles. The first-order valence-electron chi connectivity index (χ1n) is 3.96. The second-order valence-corrected chi connectivity index (χ2v) is 3.06. The Morgan fingerprint density at radius 3 is 2.60 bits per heavy atom. The number of hydrazone groups is 1. The van der Waals surface area contributed by atoms with Gasteiger partial charge < -0.3 is 5.73 Å². The Kier molecular flexibility index (Phi) is 5.74. The number of carbonyl (C=O) groups is 1. The summed E-state index contributed by atoms with van der Waals surface area (Å²) in [6, 6.07) is 6.52. The van der Waals surface area contributed by atoms with Crippen LogP contribution in [0.25, 0.3) is 0 Å². The number of nitrogens with one attached hydrogen (secondary N) is 1. The molecule has 0 heterocycles. The van der Waals surface area contributed by atoms with Gasteiger partial charge in [0, 0.05) is 10.6 Å². The smallest absolute Gasteiger partial charge is 0.332 e. The van der Waals surface area contributed by atoms with Crippen LogP contribution in [-0.4, -0.2) is 11.7 Å². The maximum atomic E-state index is 10.4. The molecule has 1 aromatic rings. The van der Waals surface area contributed by atoms with Gasteiger partial charge >= 0.3 is 6.03 Å². The minimum absolute atomic E-state index is 0. The summed E-state index contributed by atoms with van der Waals surface area (Å²) in [5.41, 5.74) is 8.38. The normalized spacial score (nSPS) is 10.4. The highest BCUT2D eigenvalue weighted by atomic mass is 35.5. The number of halogens is 2. The molecule has 4 nitrogen and oxygen atoms in total. The van der Waals surface area contributed by atoms with Crippen molar-refractivity contribution in [2.24, 2.45) is 10.8 Å². The molecular weight excluding hydrogens is 237 g/mol. The number of carbonyl (C=O) groups excluding carboxylic acids is 1. The molecule has 6 heteroatoms. The maximum absolute atomic E-state index is 10.4. The number of amides is 2. The van der Waals surface area contributed by atoms with Gasteiger partial charge in [0.05, 0.1) is 5.71 Å². The number of benzene rings is 1. The van der Waals surface area contributed by atoms with E-state index in [0.29, 0.717) is 10.7 Å². The highest BCUT2D eigenvalue weighted by Gasteiger charge is 2.02. The van der Waals surface area contributed by atoms with Crippen LogP contribution >= 0.6 is 24.0 Å². The second kappa shape index (κ2) is 6.27. The minimum atomic E-state index is -0.698. The van der Waals surface area contributed by atoms with Crippen molar-refractivity contribution in [1.82, 2.24) is 5.43 Å². The fraction of sp³-hybridized carbons (Fsp3) is 0.111. The van der Waals surface area contributed by atoms with E-state index in [-0.39, 0.29) is 12.4 Å². The highest BCUT2D eigenvalue weighted by Crippen LogP contribution is 2.15. The van der Waals surface area contributed by atoms with Crippen LogP contribution in [-0.2, 0) is 0 Å². The van der Waals surface area contributed by atoms with Crippen molar-refractivity contribution >= 4 is 35.8 Å². The average molecular weight is 248 g/mol. The average Bonchev–Trinajstić information content (AvgIpc) is 2.15. The summed E-state index contributed by atoms with van der Waals surface area (Å²) in [6.45, 7) is 1.73. The van der Waals surface area contributed by atoms with E-state index in [9.17, 15) is 4.79 Å². The predicted octanol–water partition coefficient (Wildman–Crippen LogP) is 2.15. The molecule has 0 aliphatic rings. The first-order chi connectivity index (χ1) is 6.61. The van der Waals surface area contributed by atoms with E-state index in [1.165, 1.54) is 0 Å². The van der Waals surface area contributed by atoms with Crippen molar-refractivity contribution in [3.05, 3.63) is 34.9 Å². The summed E-state index contributed by atoms with van der Waals surface area (Å²) in [7, 11) is 0. The number of nitrogens with two attached hydrogens (primary N) is 1. The number of hydrogen-bond donors (Lipinski definition) is 2. The molecule has 15 heavy (non-hydrogen) atoms. The molecule has 0 spiro atoms. The molecule has 1 rings (SSSR count). The van der Waals surface area contributed by atoms with E-state index >= 15 is 0 Å². The number of hydrogen-bond acceptors (Lipinski definition) is 2. The molecule has 0 aliphatic carbocycles. The Labute approximate surface area is 98.9 Å². The van der Waals surface area contributed by atoms with Gasteiger partial charge in [0.1, 0.15) is 0 Å². The Balaban J connectivity index is 0.00000196. The fourth-order valence-electron chi connectivity index (χ4n) is 0.954. The van der Waals surface area contributed by atoms with E-state index in [1.54, 1.807) is 13.0 Å². The zero-order chi connectivity index (χ0) is 10.6. The van der Waals surface area contributed by atoms with Gasteiger partial charge in [-0.3, -0.25) is 0 Å². The van der Waals surface area contributed by atoms with Crippen molar-refractivity contribution in [1.29, 1.82) is 0 Å². The van der Waals surface area contributed by atoms with E-state index in [4.69, 9.17) is 17.3 Å². The Hall–Kier alpha value is -1.26. The molecule has 0 saturated heterocycles. The number of primary amides is 1. The van der Waals surface area contributed by atoms with Crippen LogP contribution in [0.2, 0.25) is 5.02 Å². The van der Waals surface area contributed by atoms with Crippen LogP contribution in [0.1, 0.15) is 12.5 Å². The summed E-state index contributed by atoms with van der Waals surface area (Å²) in [5.74, 6) is 0. The molecule has 0 aliphatic heterocycles. The lowest BCUT2D eigenvalue weighted by atomic mass is 10.1. The molecule has 82 valence electrons. The van der Waals surface area contributed by atoms with Gasteiger partial charge in [-0.15, -0.1) is 12.4 Å². The Morgan fingerprint density at radius 1 is 1.47 bits per heavy atom. The lowest BCUT2D eigenvalue weighted by molar-refractivity contribution is 0.249. The van der Waals surface area contributed by atoms with E-state index in [2.05, 4.69) is 10.5 Å². The molecule has 2 amide bonds. The van der Waals surface area contributed by atoms with Crippen LogP contribution in [0.4, 0.5) is 4.79 Å². The SMILES string of the molecule is C/C(=N\NC(N)=O)c1ccccc1Cl.Cl. The van der Waals surface area contributed by atoms with Crippen molar-refractivity contribution < 1.29 is 4.79 Å². The highest BCUT2D eigenvalue weighted by molar-refractivity contribution is 6.34. The van der Waals surface area contributed by atoms with E-state index in [1.807, 2.05) is 18.2 Å². The number of rotatable bonds is 2. The molecule has 3 N–H and O–H groups in total. The lowest BCUT2D eigenvalue weighted by Crippen LogP contribution is -2.25. The van der Waals surface area contributed by atoms with Crippen molar-refractivity contribution in [2.75, 3.05) is 0 Å². The quantitative estimate of drug-likeness (QED) is 0.611. The maximum Gasteiger partial charge on any atom is 0.332 e. The summed E-state index contributed by atoms with van der Waals surface area (Å²) in [4.78, 5) is 10.4. The van der Waals surface area contributed by atoms with Crippen LogP contribution < -0.4 is 11.2 Å². The van der Waals surface area contributed by atoms with Crippen molar-refractivity contribution in [2.45, 2.75) is 6.92 Å². The lowest BCUT2D eigenvalue weighted by Gasteiger charge is -2.02. The largest absolute Gasteiger partial charge is 0.350 e. The third-order valence-electron chi connectivity index (χ3n) is 1.60. The molecule has 0 bridgehead atoms. The molecular formula is C9H11Cl2N3O. The zero-order valence-corrected chi connectivity index (χ0v) is 9.60. The molecule has 0 saturated carbocycles. The summed E-state index contributed by atoms with van der Waals surface area (Å²) < 4.78 is 0. The molecule has 0 fully saturated rings. The summed E-state index contributed by atoms with van der Waals surface area (Å²) >= 11 is 5.91. The van der Waals surface area contributed by atoms with Crippen molar-refractivity contribution in [3.63, 3.8) is 0 Å². The fourth-order valence-corrected chi connectivity index (χ4v) is 1.23. The van der Waals surface area contributed by atoms with E-state index in [0.717, 1.165) is 5.56 Å². The molecule has 0 radical (unpaired) electrons. The van der Waals surface area contributed by atoms with Gasteiger partial charge in [0.2, 0.25) is 0 Å². The molecule has 0 atom stereocenters. The first-order valence-corrected chi connectivity index (χ1v) is 4.33. The second-order valence-electron chi connectivity index (χ2n) is 2.65. The van der Waals surface area contributed by atoms with Crippen LogP contribution in [0.3, 0.4) is 0 Å². The standard InChI is InChI=1S/C9H10ClN3O.ClH/c1-6(12-13-9(11)14)7-4-2-3-5-8(7)10;/h2-5H,1H3,(H3,11,13,14);1H/b12-6+;. The van der Waals surface area contributed by atoms with Gasteiger partial charge in [-0.25, -0.2) is 10.2 Å². The van der Waals surface area contributed by atoms with Crippen LogP contribution in [0, 0.1) is 0 Å². The van der Waals surface area contributed by atoms with Gasteiger partial charge in [-0.05, 0) is 13.0 Å². The van der Waals surface area contributed by atoms with Gasteiger partial charge in [0.25, 0.3) is 0 Å². The van der Waals surface area contributed by atoms with Gasteiger partial charge in [0.15, 0.2) is 0 Å². The first kappa shape index (κ1) is 13.7. The monoisotopic (exact) mass is 247 g/mol. The minimum Gasteiger partial charge on any atom is -0.350 e. The third kappa shape index (κ3) is 4.18. The Bertz CT molecular complexity index is 379. The Morgan fingerprint density at radius 2 is 2.07 bits per heavy atom. The summed E-state index contributed by atoms with van der Waals surface area (Å²) in [5, 5.41) is 4.35. The summed E-state index contributed by atoms with van der Waals surface area (Å²) in [6.07, 6.45) is 0. The number of urea groups is 1.